The molecule has 0 rings (SSSR count). The van der Waals surface area contributed by atoms with Crippen LogP contribution in [0.2, 0.25) is 0 Å². The molecule has 0 aliphatic carbocycles. The SMILES string of the molecule is COCCOCCCOCCOCCOCCOCCOCCOCCO. The molecule has 27 heavy (non-hydrogen) atoms. The highest BCUT2D eigenvalue weighted by Gasteiger charge is 1.94. The highest BCUT2D eigenvalue weighted by Crippen LogP contribution is 1.87. The van der Waals surface area contributed by atoms with Crippen LogP contribution in [0.5, 0.6) is 0 Å². The van der Waals surface area contributed by atoms with E-state index in [1.54, 1.807) is 7.11 Å². The maximum absolute atomic E-state index is 8.52. The first-order valence-corrected chi connectivity index (χ1v) is 9.55. The zero-order valence-corrected chi connectivity index (χ0v) is 16.7. The second-order valence-corrected chi connectivity index (χ2v) is 5.36. The average molecular weight is 398 g/mol. The van der Waals surface area contributed by atoms with Crippen LogP contribution in [0.3, 0.4) is 0 Å². The summed E-state index contributed by atoms with van der Waals surface area (Å²) in [7, 11) is 1.66. The van der Waals surface area contributed by atoms with E-state index in [1.807, 2.05) is 0 Å². The van der Waals surface area contributed by atoms with Crippen LogP contribution in [-0.2, 0) is 37.9 Å². The van der Waals surface area contributed by atoms with E-state index < -0.39 is 0 Å². The first-order valence-electron chi connectivity index (χ1n) is 9.55. The molecule has 0 saturated carbocycles. The predicted molar refractivity (Wildman–Crippen MR) is 99.3 cm³/mol. The monoisotopic (exact) mass is 398 g/mol. The topological polar surface area (TPSA) is 94.1 Å². The largest absolute Gasteiger partial charge is 0.394 e. The summed E-state index contributed by atoms with van der Waals surface area (Å²) in [5, 5.41) is 8.52. The Kier molecular flexibility index (Phi) is 25.3. The van der Waals surface area contributed by atoms with Crippen LogP contribution in [0.4, 0.5) is 0 Å². The second kappa shape index (κ2) is 25.6. The number of aliphatic hydroxyl groups is 1. The third-order valence-corrected chi connectivity index (χ3v) is 3.10. The van der Waals surface area contributed by atoms with E-state index in [2.05, 4.69) is 0 Å². The Balaban J connectivity index is 2.95. The van der Waals surface area contributed by atoms with Crippen molar-refractivity contribution in [2.45, 2.75) is 6.42 Å². The van der Waals surface area contributed by atoms with Gasteiger partial charge >= 0.3 is 0 Å². The second-order valence-electron chi connectivity index (χ2n) is 5.36. The van der Waals surface area contributed by atoms with Crippen molar-refractivity contribution in [3.05, 3.63) is 0 Å². The minimum atomic E-state index is 0.0355. The van der Waals surface area contributed by atoms with Crippen LogP contribution in [0.25, 0.3) is 0 Å². The maximum Gasteiger partial charge on any atom is 0.0701 e. The molecule has 0 amide bonds. The summed E-state index contributed by atoms with van der Waals surface area (Å²) in [5.74, 6) is 0. The number of aliphatic hydroxyl groups excluding tert-OH is 1. The van der Waals surface area contributed by atoms with E-state index in [9.17, 15) is 0 Å². The fraction of sp³-hybridized carbons (Fsp3) is 1.00. The molecule has 0 saturated heterocycles. The van der Waals surface area contributed by atoms with Crippen molar-refractivity contribution in [2.24, 2.45) is 0 Å². The third kappa shape index (κ3) is 25.6. The molecule has 0 bridgehead atoms. The first-order chi connectivity index (χ1) is 13.4. The molecule has 0 aromatic carbocycles. The lowest BCUT2D eigenvalue weighted by Gasteiger charge is -2.08. The van der Waals surface area contributed by atoms with Crippen LogP contribution in [0.15, 0.2) is 0 Å². The molecule has 0 atom stereocenters. The van der Waals surface area contributed by atoms with Crippen molar-refractivity contribution in [3.8, 4) is 0 Å². The highest BCUT2D eigenvalue weighted by molar-refractivity contribution is 4.38. The molecule has 0 fully saturated rings. The van der Waals surface area contributed by atoms with Crippen molar-refractivity contribution < 1.29 is 43.0 Å². The zero-order valence-electron chi connectivity index (χ0n) is 16.7. The standard InChI is InChI=1S/C18H38O9/c1-20-7-8-21-4-2-5-22-9-11-24-13-15-26-17-18-27-16-14-25-12-10-23-6-3-19/h19H,2-18H2,1H3. The normalized spacial score (nSPS) is 11.3. The molecule has 9 heteroatoms. The molecule has 0 unspecified atom stereocenters. The molecule has 9 nitrogen and oxygen atoms in total. The van der Waals surface area contributed by atoms with Gasteiger partial charge in [0.15, 0.2) is 0 Å². The van der Waals surface area contributed by atoms with Gasteiger partial charge in [-0.25, -0.2) is 0 Å². The number of hydrogen-bond acceptors (Lipinski definition) is 9. The maximum atomic E-state index is 8.52. The number of hydrogen-bond donors (Lipinski definition) is 1. The molecule has 0 radical (unpaired) electrons. The van der Waals surface area contributed by atoms with E-state index in [0.717, 1.165) is 6.42 Å². The molecule has 1 N–H and O–H groups in total. The summed E-state index contributed by atoms with van der Waals surface area (Å²) in [4.78, 5) is 0. The molecule has 0 aromatic heterocycles. The minimum absolute atomic E-state index is 0.0355. The van der Waals surface area contributed by atoms with Gasteiger partial charge in [-0.3, -0.25) is 0 Å². The van der Waals surface area contributed by atoms with Gasteiger partial charge < -0.3 is 43.0 Å². The molecule has 164 valence electrons. The van der Waals surface area contributed by atoms with Crippen LogP contribution in [-0.4, -0.2) is 118 Å². The fourth-order valence-corrected chi connectivity index (χ4v) is 1.77. The zero-order chi connectivity index (χ0) is 19.7. The molecule has 0 aliphatic heterocycles. The van der Waals surface area contributed by atoms with E-state index in [-0.39, 0.29) is 6.61 Å². The van der Waals surface area contributed by atoms with Gasteiger partial charge in [-0.05, 0) is 6.42 Å². The lowest BCUT2D eigenvalue weighted by Crippen LogP contribution is -2.14. The lowest BCUT2D eigenvalue weighted by molar-refractivity contribution is -0.0191. The van der Waals surface area contributed by atoms with E-state index in [0.29, 0.717) is 99.1 Å². The quantitative estimate of drug-likeness (QED) is 0.228. The van der Waals surface area contributed by atoms with E-state index in [4.69, 9.17) is 43.0 Å². The Morgan fingerprint density at radius 1 is 0.407 bits per heavy atom. The Labute approximate surface area is 163 Å². The van der Waals surface area contributed by atoms with Gasteiger partial charge in [-0.2, -0.15) is 0 Å². The van der Waals surface area contributed by atoms with Crippen LogP contribution < -0.4 is 0 Å². The summed E-state index contributed by atoms with van der Waals surface area (Å²) in [6.45, 7) is 8.29. The van der Waals surface area contributed by atoms with Gasteiger partial charge in [-0.15, -0.1) is 0 Å². The van der Waals surface area contributed by atoms with Gasteiger partial charge in [0.05, 0.1) is 92.5 Å². The molecule has 0 spiro atoms. The summed E-state index contributed by atoms with van der Waals surface area (Å²) in [5.41, 5.74) is 0. The van der Waals surface area contributed by atoms with Crippen LogP contribution in [0.1, 0.15) is 6.42 Å². The Hall–Kier alpha value is -0.360. The first kappa shape index (κ1) is 26.6. The van der Waals surface area contributed by atoms with E-state index >= 15 is 0 Å². The highest BCUT2D eigenvalue weighted by atomic mass is 16.6. The third-order valence-electron chi connectivity index (χ3n) is 3.10. The van der Waals surface area contributed by atoms with Crippen molar-refractivity contribution >= 4 is 0 Å². The summed E-state index contributed by atoms with van der Waals surface area (Å²) in [6, 6.07) is 0. The Bertz CT molecular complexity index is 233. The van der Waals surface area contributed by atoms with Gasteiger partial charge in [0.25, 0.3) is 0 Å². The smallest absolute Gasteiger partial charge is 0.0701 e. The molecular formula is C18H38O9. The fourth-order valence-electron chi connectivity index (χ4n) is 1.77. The number of ether oxygens (including phenoxy) is 8. The van der Waals surface area contributed by atoms with Crippen molar-refractivity contribution in [1.29, 1.82) is 0 Å². The van der Waals surface area contributed by atoms with Gasteiger partial charge in [0.2, 0.25) is 0 Å². The lowest BCUT2D eigenvalue weighted by atomic mass is 10.5. The Morgan fingerprint density at radius 2 is 0.704 bits per heavy atom. The molecular weight excluding hydrogens is 360 g/mol. The van der Waals surface area contributed by atoms with Gasteiger partial charge in [0, 0.05) is 20.3 Å². The van der Waals surface area contributed by atoms with Crippen molar-refractivity contribution in [1.82, 2.24) is 0 Å². The molecule has 0 aromatic rings. The summed E-state index contributed by atoms with van der Waals surface area (Å²) in [6.07, 6.45) is 0.870. The predicted octanol–water partition coefficient (Wildman–Crippen LogP) is 0.131. The summed E-state index contributed by atoms with van der Waals surface area (Å²) >= 11 is 0. The van der Waals surface area contributed by atoms with Crippen LogP contribution in [0, 0.1) is 0 Å². The summed E-state index contributed by atoms with van der Waals surface area (Å²) < 4.78 is 42.2. The number of rotatable bonds is 24. The van der Waals surface area contributed by atoms with Gasteiger partial charge in [-0.1, -0.05) is 0 Å². The number of methoxy groups -OCH3 is 1. The average Bonchev–Trinajstić information content (AvgIpc) is 2.68. The Morgan fingerprint density at radius 3 is 1.04 bits per heavy atom. The van der Waals surface area contributed by atoms with E-state index in [1.165, 1.54) is 0 Å². The van der Waals surface area contributed by atoms with Crippen LogP contribution >= 0.6 is 0 Å². The minimum Gasteiger partial charge on any atom is -0.394 e. The van der Waals surface area contributed by atoms with Crippen molar-refractivity contribution in [2.75, 3.05) is 113 Å². The van der Waals surface area contributed by atoms with Gasteiger partial charge in [0.1, 0.15) is 0 Å². The van der Waals surface area contributed by atoms with Crippen molar-refractivity contribution in [3.63, 3.8) is 0 Å². The molecule has 0 aliphatic rings. The molecule has 0 heterocycles.